The van der Waals surface area contributed by atoms with Gasteiger partial charge < -0.3 is 14.8 Å². The van der Waals surface area contributed by atoms with E-state index in [9.17, 15) is 9.90 Å². The van der Waals surface area contributed by atoms with E-state index in [1.165, 1.54) is 0 Å². The average molecular weight is 342 g/mol. The molecule has 0 bridgehead atoms. The number of nitrogens with zero attached hydrogens (tertiary/aromatic N) is 1. The molecule has 1 aromatic heterocycles. The molecule has 0 radical (unpaired) electrons. The number of hydrogen-bond donors (Lipinski definition) is 2. The quantitative estimate of drug-likeness (QED) is 0.759. The standard InChI is InChI=1S/C20H26N2O3/c23-19-10-2-1-6-16(19)7-3-11-21-20(24)17-8-4-12-22(14-17)15-18-9-5-13-25-18/h1-2,5-6,9-10,13,17,23H,3-4,7-8,11-12,14-15H2,(H,21,24)/t17-/m1/s1. The largest absolute Gasteiger partial charge is 0.508 e. The normalized spacial score (nSPS) is 18.2. The Balaban J connectivity index is 1.39. The van der Waals surface area contributed by atoms with Crippen LogP contribution in [-0.2, 0) is 17.8 Å². The molecule has 1 saturated heterocycles. The summed E-state index contributed by atoms with van der Waals surface area (Å²) in [6, 6.07) is 11.2. The van der Waals surface area contributed by atoms with Crippen molar-refractivity contribution in [1.82, 2.24) is 10.2 Å². The van der Waals surface area contributed by atoms with Gasteiger partial charge in [-0.05, 0) is 56.0 Å². The highest BCUT2D eigenvalue weighted by atomic mass is 16.3. The van der Waals surface area contributed by atoms with Crippen molar-refractivity contribution in [3.8, 4) is 5.75 Å². The summed E-state index contributed by atoms with van der Waals surface area (Å²) in [5.74, 6) is 1.47. The molecule has 2 heterocycles. The summed E-state index contributed by atoms with van der Waals surface area (Å²) in [4.78, 5) is 14.7. The number of nitrogens with one attached hydrogen (secondary N) is 1. The zero-order valence-electron chi connectivity index (χ0n) is 14.5. The number of amides is 1. The molecule has 5 heteroatoms. The zero-order valence-corrected chi connectivity index (χ0v) is 14.5. The van der Waals surface area contributed by atoms with Gasteiger partial charge in [-0.3, -0.25) is 9.69 Å². The predicted octanol–water partition coefficient (Wildman–Crippen LogP) is 2.95. The van der Waals surface area contributed by atoms with Gasteiger partial charge in [0.2, 0.25) is 5.91 Å². The molecule has 0 unspecified atom stereocenters. The third-order valence-corrected chi connectivity index (χ3v) is 4.75. The number of aryl methyl sites for hydroxylation is 1. The summed E-state index contributed by atoms with van der Waals surface area (Å²) in [5.41, 5.74) is 0.930. The second-order valence-electron chi connectivity index (χ2n) is 6.68. The van der Waals surface area contributed by atoms with Crippen LogP contribution in [0.1, 0.15) is 30.6 Å². The highest BCUT2D eigenvalue weighted by Crippen LogP contribution is 2.19. The molecule has 5 nitrogen and oxygen atoms in total. The van der Waals surface area contributed by atoms with E-state index in [1.54, 1.807) is 12.3 Å². The molecule has 0 saturated carbocycles. The molecule has 0 aliphatic carbocycles. The third-order valence-electron chi connectivity index (χ3n) is 4.75. The summed E-state index contributed by atoms with van der Waals surface area (Å²) in [5, 5.41) is 12.8. The summed E-state index contributed by atoms with van der Waals surface area (Å²) in [6.07, 6.45) is 5.26. The van der Waals surface area contributed by atoms with E-state index in [0.29, 0.717) is 12.3 Å². The predicted molar refractivity (Wildman–Crippen MR) is 96.1 cm³/mol. The Hall–Kier alpha value is -2.27. The summed E-state index contributed by atoms with van der Waals surface area (Å²) >= 11 is 0. The lowest BCUT2D eigenvalue weighted by Gasteiger charge is -2.31. The maximum Gasteiger partial charge on any atom is 0.224 e. The fourth-order valence-corrected chi connectivity index (χ4v) is 3.39. The maximum atomic E-state index is 12.4. The number of aromatic hydroxyl groups is 1. The second-order valence-corrected chi connectivity index (χ2v) is 6.68. The highest BCUT2D eigenvalue weighted by molar-refractivity contribution is 5.78. The fraction of sp³-hybridized carbons (Fsp3) is 0.450. The Morgan fingerprint density at radius 3 is 2.96 bits per heavy atom. The van der Waals surface area contributed by atoms with E-state index in [2.05, 4.69) is 10.2 Å². The fourth-order valence-electron chi connectivity index (χ4n) is 3.39. The van der Waals surface area contributed by atoms with Crippen molar-refractivity contribution >= 4 is 5.91 Å². The average Bonchev–Trinajstić information content (AvgIpc) is 3.13. The van der Waals surface area contributed by atoms with E-state index >= 15 is 0 Å². The van der Waals surface area contributed by atoms with E-state index < -0.39 is 0 Å². The first-order chi connectivity index (χ1) is 12.2. The van der Waals surface area contributed by atoms with Gasteiger partial charge in [0.1, 0.15) is 11.5 Å². The SMILES string of the molecule is O=C(NCCCc1ccccc1O)[C@@H]1CCCN(Cc2ccco2)C1. The number of likely N-dealkylation sites (tertiary alicyclic amines) is 1. The van der Waals surface area contributed by atoms with Crippen LogP contribution in [0.3, 0.4) is 0 Å². The van der Waals surface area contributed by atoms with Gasteiger partial charge in [-0.25, -0.2) is 0 Å². The number of benzene rings is 1. The minimum Gasteiger partial charge on any atom is -0.508 e. The van der Waals surface area contributed by atoms with E-state index in [4.69, 9.17) is 4.42 Å². The molecule has 0 spiro atoms. The zero-order chi connectivity index (χ0) is 17.5. The third kappa shape index (κ3) is 5.10. The van der Waals surface area contributed by atoms with E-state index in [-0.39, 0.29) is 11.8 Å². The van der Waals surface area contributed by atoms with Crippen molar-refractivity contribution in [3.05, 3.63) is 54.0 Å². The van der Waals surface area contributed by atoms with Crippen molar-refractivity contribution in [2.75, 3.05) is 19.6 Å². The van der Waals surface area contributed by atoms with Gasteiger partial charge in [-0.15, -0.1) is 0 Å². The molecule has 1 amide bonds. The van der Waals surface area contributed by atoms with Gasteiger partial charge >= 0.3 is 0 Å². The Bertz CT molecular complexity index is 669. The molecule has 2 aromatic rings. The Labute approximate surface area is 148 Å². The van der Waals surface area contributed by atoms with Crippen molar-refractivity contribution in [3.63, 3.8) is 0 Å². The smallest absolute Gasteiger partial charge is 0.224 e. The lowest BCUT2D eigenvalue weighted by molar-refractivity contribution is -0.126. The van der Waals surface area contributed by atoms with Crippen LogP contribution in [0.15, 0.2) is 47.1 Å². The molecular weight excluding hydrogens is 316 g/mol. The molecule has 1 aromatic carbocycles. The molecule has 2 N–H and O–H groups in total. The lowest BCUT2D eigenvalue weighted by atomic mass is 9.97. The van der Waals surface area contributed by atoms with Crippen LogP contribution in [0, 0.1) is 5.92 Å². The molecule has 25 heavy (non-hydrogen) atoms. The van der Waals surface area contributed by atoms with Crippen LogP contribution in [-0.4, -0.2) is 35.5 Å². The number of phenols is 1. The van der Waals surface area contributed by atoms with Crippen LogP contribution in [0.5, 0.6) is 5.75 Å². The van der Waals surface area contributed by atoms with Crippen LogP contribution in [0.4, 0.5) is 0 Å². The minimum atomic E-state index is 0.0499. The van der Waals surface area contributed by atoms with Gasteiger partial charge in [0.25, 0.3) is 0 Å². The van der Waals surface area contributed by atoms with Gasteiger partial charge in [0, 0.05) is 13.1 Å². The van der Waals surface area contributed by atoms with Crippen LogP contribution >= 0.6 is 0 Å². The first-order valence-electron chi connectivity index (χ1n) is 9.01. The van der Waals surface area contributed by atoms with Gasteiger partial charge in [-0.2, -0.15) is 0 Å². The number of hydrogen-bond acceptors (Lipinski definition) is 4. The number of carbonyl (C=O) groups excluding carboxylic acids is 1. The summed E-state index contributed by atoms with van der Waals surface area (Å²) < 4.78 is 5.40. The van der Waals surface area contributed by atoms with Gasteiger partial charge in [-0.1, -0.05) is 18.2 Å². The summed E-state index contributed by atoms with van der Waals surface area (Å²) in [6.45, 7) is 3.20. The van der Waals surface area contributed by atoms with Crippen molar-refractivity contribution in [1.29, 1.82) is 0 Å². The van der Waals surface area contributed by atoms with Crippen LogP contribution < -0.4 is 5.32 Å². The number of rotatable bonds is 7. The molecule has 1 aliphatic rings. The Morgan fingerprint density at radius 1 is 1.28 bits per heavy atom. The highest BCUT2D eigenvalue weighted by Gasteiger charge is 2.25. The molecule has 1 atom stereocenters. The summed E-state index contributed by atoms with van der Waals surface area (Å²) in [7, 11) is 0. The van der Waals surface area contributed by atoms with Gasteiger partial charge in [0.05, 0.1) is 18.7 Å². The first kappa shape index (κ1) is 17.5. The van der Waals surface area contributed by atoms with Crippen LogP contribution in [0.25, 0.3) is 0 Å². The number of carbonyl (C=O) groups is 1. The molecule has 134 valence electrons. The van der Waals surface area contributed by atoms with Crippen molar-refractivity contribution in [2.24, 2.45) is 5.92 Å². The Kier molecular flexibility index (Phi) is 6.12. The number of furan rings is 1. The van der Waals surface area contributed by atoms with Crippen molar-refractivity contribution in [2.45, 2.75) is 32.2 Å². The second kappa shape index (κ2) is 8.72. The topological polar surface area (TPSA) is 65.7 Å². The van der Waals surface area contributed by atoms with Crippen molar-refractivity contribution < 1.29 is 14.3 Å². The number of phenolic OH excluding ortho intramolecular Hbond substituents is 1. The number of para-hydroxylation sites is 1. The minimum absolute atomic E-state index is 0.0499. The monoisotopic (exact) mass is 342 g/mol. The number of piperidine rings is 1. The molecular formula is C20H26N2O3. The lowest BCUT2D eigenvalue weighted by Crippen LogP contribution is -2.42. The van der Waals surface area contributed by atoms with Gasteiger partial charge in [0.15, 0.2) is 0 Å². The molecule has 1 fully saturated rings. The van der Waals surface area contributed by atoms with E-state index in [0.717, 1.165) is 56.6 Å². The van der Waals surface area contributed by atoms with Crippen LogP contribution in [0.2, 0.25) is 0 Å². The Morgan fingerprint density at radius 2 is 2.16 bits per heavy atom. The first-order valence-corrected chi connectivity index (χ1v) is 9.01. The maximum absolute atomic E-state index is 12.4. The molecule has 3 rings (SSSR count). The molecule has 1 aliphatic heterocycles. The van der Waals surface area contributed by atoms with E-state index in [1.807, 2.05) is 30.3 Å².